The van der Waals surface area contributed by atoms with Crippen molar-refractivity contribution in [1.82, 2.24) is 9.80 Å². The lowest BCUT2D eigenvalue weighted by Crippen LogP contribution is -2.48. The number of ether oxygens (including phenoxy) is 2. The summed E-state index contributed by atoms with van der Waals surface area (Å²) < 4.78 is 12.8. The first-order valence-corrected chi connectivity index (χ1v) is 18.3. The molecular formula is C40H54N4O6. The first-order chi connectivity index (χ1) is 24.1. The van der Waals surface area contributed by atoms with Crippen LogP contribution >= 0.6 is 0 Å². The topological polar surface area (TPSA) is 120 Å². The SMILES string of the molecule is C[C@H](CO)N1C[C@H](C)[C@@H](CN(C)C(=O)Nc2cccc3ccccc23)OCCCC[C@H](C)Oc2ccc(NC(=O)C3CCCCC3)cc2C1=O. The average Bonchev–Trinajstić information content (AvgIpc) is 3.13. The summed E-state index contributed by atoms with van der Waals surface area (Å²) in [5.41, 5.74) is 1.62. The van der Waals surface area contributed by atoms with E-state index >= 15 is 0 Å². The number of hydrogen-bond donors (Lipinski definition) is 3. The Morgan fingerprint density at radius 2 is 1.70 bits per heavy atom. The average molecular weight is 687 g/mol. The number of aliphatic hydroxyl groups is 1. The van der Waals surface area contributed by atoms with Gasteiger partial charge in [0.05, 0.1) is 36.1 Å². The highest BCUT2D eigenvalue weighted by Gasteiger charge is 2.31. The summed E-state index contributed by atoms with van der Waals surface area (Å²) in [6.07, 6.45) is 6.92. The van der Waals surface area contributed by atoms with E-state index in [1.807, 2.05) is 63.2 Å². The van der Waals surface area contributed by atoms with E-state index in [4.69, 9.17) is 9.47 Å². The van der Waals surface area contributed by atoms with Crippen LogP contribution in [0.3, 0.4) is 0 Å². The molecule has 1 fully saturated rings. The molecule has 50 heavy (non-hydrogen) atoms. The normalized spacial score (nSPS) is 21.7. The van der Waals surface area contributed by atoms with E-state index in [0.717, 1.165) is 67.8 Å². The van der Waals surface area contributed by atoms with Crippen molar-refractivity contribution in [3.8, 4) is 5.75 Å². The summed E-state index contributed by atoms with van der Waals surface area (Å²) in [5, 5.41) is 18.4. The van der Waals surface area contributed by atoms with Gasteiger partial charge < -0.3 is 35.0 Å². The summed E-state index contributed by atoms with van der Waals surface area (Å²) >= 11 is 0. The van der Waals surface area contributed by atoms with Gasteiger partial charge in [0.15, 0.2) is 0 Å². The molecule has 3 aromatic carbocycles. The molecule has 4 amide bonds. The van der Waals surface area contributed by atoms with Crippen molar-refractivity contribution >= 4 is 40.0 Å². The maximum Gasteiger partial charge on any atom is 0.321 e. The minimum atomic E-state index is -0.503. The largest absolute Gasteiger partial charge is 0.490 e. The third-order valence-electron chi connectivity index (χ3n) is 10.1. The third kappa shape index (κ3) is 9.54. The number of carbonyl (C=O) groups excluding carboxylic acids is 3. The number of carbonyl (C=O) groups is 3. The number of nitrogens with zero attached hydrogens (tertiary/aromatic N) is 2. The predicted octanol–water partition coefficient (Wildman–Crippen LogP) is 7.32. The molecule has 0 radical (unpaired) electrons. The number of rotatable bonds is 7. The zero-order valence-electron chi connectivity index (χ0n) is 30.0. The maximum absolute atomic E-state index is 14.5. The van der Waals surface area contributed by atoms with Gasteiger partial charge in [0.1, 0.15) is 5.75 Å². The Balaban J connectivity index is 1.37. The van der Waals surface area contributed by atoms with Crippen molar-refractivity contribution in [2.45, 2.75) is 90.4 Å². The molecule has 1 heterocycles. The van der Waals surface area contributed by atoms with E-state index in [0.29, 0.717) is 30.2 Å². The predicted molar refractivity (Wildman–Crippen MR) is 198 cm³/mol. The molecule has 1 aliphatic carbocycles. The van der Waals surface area contributed by atoms with Crippen molar-refractivity contribution in [2.24, 2.45) is 11.8 Å². The molecule has 0 spiro atoms. The van der Waals surface area contributed by atoms with Gasteiger partial charge in [-0.2, -0.15) is 0 Å². The second kappa shape index (κ2) is 17.7. The third-order valence-corrected chi connectivity index (χ3v) is 10.1. The molecule has 270 valence electrons. The zero-order chi connectivity index (χ0) is 35.6. The van der Waals surface area contributed by atoms with Crippen LogP contribution < -0.4 is 15.4 Å². The highest BCUT2D eigenvalue weighted by atomic mass is 16.5. The van der Waals surface area contributed by atoms with Crippen LogP contribution in [0.15, 0.2) is 60.7 Å². The second-order valence-corrected chi connectivity index (χ2v) is 14.2. The number of anilines is 2. The second-order valence-electron chi connectivity index (χ2n) is 14.2. The lowest BCUT2D eigenvalue weighted by Gasteiger charge is -2.36. The number of benzene rings is 3. The molecule has 1 saturated carbocycles. The van der Waals surface area contributed by atoms with Gasteiger partial charge in [0.25, 0.3) is 5.91 Å². The van der Waals surface area contributed by atoms with E-state index in [1.165, 1.54) is 0 Å². The van der Waals surface area contributed by atoms with Crippen molar-refractivity contribution in [3.05, 3.63) is 66.2 Å². The summed E-state index contributed by atoms with van der Waals surface area (Å²) in [4.78, 5) is 44.3. The van der Waals surface area contributed by atoms with Crippen molar-refractivity contribution in [1.29, 1.82) is 0 Å². The molecule has 0 unspecified atom stereocenters. The fourth-order valence-corrected chi connectivity index (χ4v) is 6.97. The quantitative estimate of drug-likeness (QED) is 0.240. The van der Waals surface area contributed by atoms with Crippen molar-refractivity contribution in [3.63, 3.8) is 0 Å². The molecule has 3 N–H and O–H groups in total. The van der Waals surface area contributed by atoms with Crippen LogP contribution in [-0.4, -0.2) is 84.4 Å². The number of likely N-dealkylation sites (N-methyl/N-ethyl adjacent to an activating group) is 1. The fourth-order valence-electron chi connectivity index (χ4n) is 6.97. The Hall–Kier alpha value is -4.15. The molecule has 0 bridgehead atoms. The van der Waals surface area contributed by atoms with Gasteiger partial charge in [0.2, 0.25) is 5.91 Å². The van der Waals surface area contributed by atoms with Gasteiger partial charge in [-0.15, -0.1) is 0 Å². The van der Waals surface area contributed by atoms with E-state index in [-0.39, 0.29) is 55.0 Å². The van der Waals surface area contributed by atoms with Gasteiger partial charge in [0, 0.05) is 49.7 Å². The van der Waals surface area contributed by atoms with Gasteiger partial charge in [-0.3, -0.25) is 9.59 Å². The van der Waals surface area contributed by atoms with Gasteiger partial charge in [-0.05, 0) is 75.6 Å². The molecule has 0 aromatic heterocycles. The van der Waals surface area contributed by atoms with Crippen molar-refractivity contribution < 1.29 is 29.0 Å². The first-order valence-electron chi connectivity index (χ1n) is 18.3. The lowest BCUT2D eigenvalue weighted by atomic mass is 9.88. The zero-order valence-corrected chi connectivity index (χ0v) is 30.0. The van der Waals surface area contributed by atoms with E-state index < -0.39 is 6.04 Å². The number of aliphatic hydroxyl groups excluding tert-OH is 1. The minimum absolute atomic E-state index is 0.0184. The van der Waals surface area contributed by atoms with Gasteiger partial charge in [-0.25, -0.2) is 4.79 Å². The number of fused-ring (bicyclic) bond motifs is 2. The van der Waals surface area contributed by atoms with Crippen LogP contribution in [-0.2, 0) is 9.53 Å². The monoisotopic (exact) mass is 686 g/mol. The molecule has 10 nitrogen and oxygen atoms in total. The molecule has 2 aliphatic rings. The standard InChI is InChI=1S/C40H54N4O6/c1-27-24-44(28(2)26-45)39(47)34-23-32(41-38(46)31-15-6-5-7-16-31)20-21-36(34)50-29(3)13-10-11-22-49-37(27)25-43(4)40(48)42-35-19-12-17-30-14-8-9-18-33(30)35/h8-9,12,14,17-21,23,27-29,31,37,45H,5-7,10-11,13,15-16,22,24-26H2,1-4H3,(H,41,46)(H,42,48)/t27-,28+,29-,37+/m0/s1. The molecule has 10 heteroatoms. The molecule has 4 atom stereocenters. The highest BCUT2D eigenvalue weighted by molar-refractivity contribution is 6.02. The Kier molecular flexibility index (Phi) is 13.1. The molecule has 3 aromatic rings. The number of hydrogen-bond acceptors (Lipinski definition) is 6. The Morgan fingerprint density at radius 1 is 0.960 bits per heavy atom. The minimum Gasteiger partial charge on any atom is -0.490 e. The van der Waals surface area contributed by atoms with E-state index in [9.17, 15) is 19.5 Å². The molecule has 5 rings (SSSR count). The Morgan fingerprint density at radius 3 is 2.48 bits per heavy atom. The number of amides is 4. The van der Waals surface area contributed by atoms with Crippen LogP contribution in [0.4, 0.5) is 16.2 Å². The highest BCUT2D eigenvalue weighted by Crippen LogP contribution is 2.30. The molecular weight excluding hydrogens is 632 g/mol. The van der Waals surface area contributed by atoms with Gasteiger partial charge >= 0.3 is 6.03 Å². The summed E-state index contributed by atoms with van der Waals surface area (Å²) in [7, 11) is 1.75. The maximum atomic E-state index is 14.5. The van der Waals surface area contributed by atoms with E-state index in [1.54, 1.807) is 35.0 Å². The number of nitrogens with one attached hydrogen (secondary N) is 2. The van der Waals surface area contributed by atoms with Gasteiger partial charge in [-0.1, -0.05) is 62.6 Å². The summed E-state index contributed by atoms with van der Waals surface area (Å²) in [6.45, 7) is 6.66. The number of urea groups is 1. The summed E-state index contributed by atoms with van der Waals surface area (Å²) in [6, 6.07) is 18.3. The van der Waals surface area contributed by atoms with Crippen LogP contribution in [0, 0.1) is 11.8 Å². The van der Waals surface area contributed by atoms with Crippen LogP contribution in [0.25, 0.3) is 10.8 Å². The van der Waals surface area contributed by atoms with Crippen LogP contribution in [0.1, 0.15) is 82.5 Å². The van der Waals surface area contributed by atoms with Crippen LogP contribution in [0.2, 0.25) is 0 Å². The lowest BCUT2D eigenvalue weighted by molar-refractivity contribution is -0.120. The van der Waals surface area contributed by atoms with E-state index in [2.05, 4.69) is 10.6 Å². The Bertz CT molecular complexity index is 1600. The first kappa shape index (κ1) is 37.1. The van der Waals surface area contributed by atoms with Crippen molar-refractivity contribution in [2.75, 3.05) is 44.0 Å². The molecule has 1 aliphatic heterocycles. The smallest absolute Gasteiger partial charge is 0.321 e. The summed E-state index contributed by atoms with van der Waals surface area (Å²) in [5.74, 6) is -0.0838. The molecule has 0 saturated heterocycles. The van der Waals surface area contributed by atoms with Crippen LogP contribution in [0.5, 0.6) is 5.75 Å². The Labute approximate surface area is 296 Å². The fraction of sp³-hybridized carbons (Fsp3) is 0.525.